The molecule has 0 saturated carbocycles. The number of allylic oxidation sites excluding steroid dienone is 2. The number of fused-ring (bicyclic) bond motifs is 1. The summed E-state index contributed by atoms with van der Waals surface area (Å²) in [4.78, 5) is 36.6. The highest BCUT2D eigenvalue weighted by atomic mass is 16.5. The molecule has 0 radical (unpaired) electrons. The molecule has 8 heteroatoms. The Morgan fingerprint density at radius 3 is 1.37 bits per heavy atom. The van der Waals surface area contributed by atoms with Gasteiger partial charge in [0.05, 0.1) is 25.9 Å². The minimum atomic E-state index is -0.272. The Hall–Kier alpha value is -8.85. The number of nitrogens with zero attached hydrogens (tertiary/aromatic N) is 2. The van der Waals surface area contributed by atoms with E-state index >= 15 is 0 Å². The molecule has 1 amide bonds. The van der Waals surface area contributed by atoms with Crippen molar-refractivity contribution in [1.82, 2.24) is 4.57 Å². The third-order valence-corrected chi connectivity index (χ3v) is 20.2. The SMILES string of the molecule is CC(=O)c1ccc(CCC(C)(C)C)cc1.CC(C)(C)CC(=O)N1CCCc2ccccc21.CC(C)(C)CCCc1ccccc1.CC(C)(C)CCCn1cccc1.CC(C)(C)CCOCc1ccccc1.CC(C)(C)CCOc1ccccc1.CC(C)(C)Cc1ccccc1-c1ccccc1.CC(C)=CCCC(C)(C)C.COC(=O)c1cccc(CC(C)(C)C)c1. The Labute approximate surface area is 771 Å². The van der Waals surface area contributed by atoms with Gasteiger partial charge in [-0.1, -0.05) is 387 Å². The molecule has 0 aliphatic carbocycles. The first-order valence-corrected chi connectivity index (χ1v) is 46.9. The zero-order valence-electron chi connectivity index (χ0n) is 85.4. The minimum Gasteiger partial charge on any atom is -0.494 e. The number of Topliss-reactive ketones (excluding diaryl/α,β-unsaturated/α-hetero) is 1. The van der Waals surface area contributed by atoms with Gasteiger partial charge in [0, 0.05) is 49.8 Å². The maximum Gasteiger partial charge on any atom is 0.337 e. The van der Waals surface area contributed by atoms with Crippen molar-refractivity contribution in [2.45, 2.75) is 324 Å². The van der Waals surface area contributed by atoms with Crippen molar-refractivity contribution in [3.05, 3.63) is 299 Å². The number of hydrogen-bond acceptors (Lipinski definition) is 6. The highest BCUT2D eigenvalue weighted by Crippen LogP contribution is 2.33. The molecule has 9 aromatic rings. The molecule has 2 heterocycles. The largest absolute Gasteiger partial charge is 0.494 e. The molecule has 8 nitrogen and oxygen atoms in total. The van der Waals surface area contributed by atoms with Crippen LogP contribution in [-0.2, 0) is 59.5 Å². The van der Waals surface area contributed by atoms with E-state index in [1.54, 1.807) is 13.0 Å². The molecule has 10 rings (SSSR count). The van der Waals surface area contributed by atoms with Crippen molar-refractivity contribution in [3.8, 4) is 16.9 Å². The van der Waals surface area contributed by atoms with Gasteiger partial charge in [-0.3, -0.25) is 9.59 Å². The Balaban J connectivity index is 0.000000482. The van der Waals surface area contributed by atoms with E-state index in [0.29, 0.717) is 49.9 Å². The molecule has 1 aliphatic heterocycles. The predicted molar refractivity (Wildman–Crippen MR) is 548 cm³/mol. The number of carbonyl (C=O) groups is 3. The summed E-state index contributed by atoms with van der Waals surface area (Å²) < 4.78 is 18.1. The van der Waals surface area contributed by atoms with E-state index in [0.717, 1.165) is 94.9 Å². The fraction of sp³-hybridized carbons (Fsp3) is 0.517. The summed E-state index contributed by atoms with van der Waals surface area (Å²) in [5.41, 5.74) is 17.8. The minimum absolute atomic E-state index is 0.0590. The van der Waals surface area contributed by atoms with Crippen molar-refractivity contribution >= 4 is 23.3 Å². The number of para-hydroxylation sites is 2. The normalized spacial score (nSPS) is 12.0. The number of hydrogen-bond donors (Lipinski definition) is 0. The molecule has 0 atom stereocenters. The highest BCUT2D eigenvalue weighted by molar-refractivity contribution is 5.95. The fourth-order valence-electron chi connectivity index (χ4n) is 13.2. The average molecular weight is 1720 g/mol. The summed E-state index contributed by atoms with van der Waals surface area (Å²) in [6.45, 7) is 70.8. The Morgan fingerprint density at radius 2 is 0.865 bits per heavy atom. The monoisotopic (exact) mass is 1720 g/mol. The van der Waals surface area contributed by atoms with E-state index in [-0.39, 0.29) is 28.5 Å². The Kier molecular flexibility index (Phi) is 51.4. The van der Waals surface area contributed by atoms with Gasteiger partial charge in [0.1, 0.15) is 5.75 Å². The molecule has 1 aromatic heterocycles. The summed E-state index contributed by atoms with van der Waals surface area (Å²) in [7, 11) is 1.40. The van der Waals surface area contributed by atoms with E-state index in [9.17, 15) is 14.4 Å². The summed E-state index contributed by atoms with van der Waals surface area (Å²) in [5, 5.41) is 0. The lowest BCUT2D eigenvalue weighted by Gasteiger charge is -2.31. The predicted octanol–water partition coefficient (Wildman–Crippen LogP) is 33.6. The number of amides is 1. The van der Waals surface area contributed by atoms with Gasteiger partial charge in [-0.15, -0.1) is 0 Å². The number of aromatic nitrogens is 1. The van der Waals surface area contributed by atoms with Crippen LogP contribution in [0.2, 0.25) is 0 Å². The molecule has 8 aromatic carbocycles. The molecule has 0 bridgehead atoms. The second-order valence-corrected chi connectivity index (χ2v) is 45.2. The van der Waals surface area contributed by atoms with Crippen molar-refractivity contribution in [3.63, 3.8) is 0 Å². The van der Waals surface area contributed by atoms with Crippen LogP contribution >= 0.6 is 0 Å². The number of ether oxygens (including phenoxy) is 3. The van der Waals surface area contributed by atoms with Gasteiger partial charge in [-0.2, -0.15) is 0 Å². The highest BCUT2D eigenvalue weighted by Gasteiger charge is 2.26. The van der Waals surface area contributed by atoms with Crippen molar-refractivity contribution in [1.29, 1.82) is 0 Å². The van der Waals surface area contributed by atoms with Gasteiger partial charge in [0.2, 0.25) is 5.91 Å². The molecule has 0 fully saturated rings. The van der Waals surface area contributed by atoms with Crippen molar-refractivity contribution in [2.75, 3.05) is 31.8 Å². The molecule has 0 spiro atoms. The number of anilines is 1. The van der Waals surface area contributed by atoms with Crippen LogP contribution in [0.15, 0.2) is 255 Å². The number of carbonyl (C=O) groups excluding carboxylic acids is 3. The van der Waals surface area contributed by atoms with Crippen LogP contribution in [0.1, 0.15) is 332 Å². The van der Waals surface area contributed by atoms with E-state index in [1.807, 2.05) is 89.8 Å². The quantitative estimate of drug-likeness (QED) is 0.0274. The third kappa shape index (κ3) is 60.8. The van der Waals surface area contributed by atoms with Gasteiger partial charge >= 0.3 is 5.97 Å². The zero-order valence-corrected chi connectivity index (χ0v) is 85.4. The average Bonchev–Trinajstić information content (AvgIpc) is 0.848. The molecule has 0 unspecified atom stereocenters. The van der Waals surface area contributed by atoms with Crippen LogP contribution in [-0.4, -0.2) is 49.1 Å². The second-order valence-electron chi connectivity index (χ2n) is 45.2. The lowest BCUT2D eigenvalue weighted by Crippen LogP contribution is -2.37. The van der Waals surface area contributed by atoms with Crippen LogP contribution in [0.3, 0.4) is 0 Å². The van der Waals surface area contributed by atoms with E-state index < -0.39 is 0 Å². The maximum atomic E-state index is 12.3. The second kappa shape index (κ2) is 57.2. The number of aryl methyl sites for hydroxylation is 4. The van der Waals surface area contributed by atoms with Crippen LogP contribution < -0.4 is 9.64 Å². The van der Waals surface area contributed by atoms with Crippen molar-refractivity contribution in [2.24, 2.45) is 48.7 Å². The molecular formula is C118H176N2O6. The molecule has 0 saturated heterocycles. The summed E-state index contributed by atoms with van der Waals surface area (Å²) in [5.74, 6) is 1.08. The van der Waals surface area contributed by atoms with E-state index in [4.69, 9.17) is 9.47 Å². The van der Waals surface area contributed by atoms with Gasteiger partial charge in [0.25, 0.3) is 0 Å². The fourth-order valence-corrected chi connectivity index (χ4v) is 13.2. The first-order chi connectivity index (χ1) is 58.6. The summed E-state index contributed by atoms with van der Waals surface area (Å²) in [6, 6.07) is 78.3. The van der Waals surface area contributed by atoms with E-state index in [1.165, 1.54) is 109 Å². The summed E-state index contributed by atoms with van der Waals surface area (Å²) in [6.07, 6.45) is 24.8. The molecule has 0 N–H and O–H groups in total. The van der Waals surface area contributed by atoms with Gasteiger partial charge < -0.3 is 23.7 Å². The zero-order chi connectivity index (χ0) is 94.9. The number of ketones is 1. The van der Waals surface area contributed by atoms with Crippen LogP contribution in [0.4, 0.5) is 5.69 Å². The first kappa shape index (κ1) is 113. The molecular weight excluding hydrogens is 1540 g/mol. The van der Waals surface area contributed by atoms with E-state index in [2.05, 4.69) is 368 Å². The third-order valence-electron chi connectivity index (χ3n) is 20.2. The van der Waals surface area contributed by atoms with Crippen molar-refractivity contribution < 1.29 is 28.6 Å². The van der Waals surface area contributed by atoms with Crippen LogP contribution in [0.5, 0.6) is 5.75 Å². The Morgan fingerprint density at radius 1 is 0.397 bits per heavy atom. The van der Waals surface area contributed by atoms with Gasteiger partial charge in [0.15, 0.2) is 5.78 Å². The first-order valence-electron chi connectivity index (χ1n) is 46.9. The van der Waals surface area contributed by atoms with Crippen LogP contribution in [0.25, 0.3) is 11.1 Å². The molecule has 1 aliphatic rings. The summed E-state index contributed by atoms with van der Waals surface area (Å²) >= 11 is 0. The topological polar surface area (TPSA) is 87.1 Å². The van der Waals surface area contributed by atoms with Gasteiger partial charge in [-0.05, 0) is 253 Å². The Bertz CT molecular complexity index is 4320. The number of benzene rings is 8. The smallest absolute Gasteiger partial charge is 0.337 e. The molecule has 126 heavy (non-hydrogen) atoms. The number of methoxy groups -OCH3 is 1. The lowest BCUT2D eigenvalue weighted by atomic mass is 9.85. The molecule has 694 valence electrons. The van der Waals surface area contributed by atoms with Gasteiger partial charge in [-0.25, -0.2) is 4.79 Å². The van der Waals surface area contributed by atoms with Crippen LogP contribution in [0, 0.1) is 48.7 Å². The standard InChI is InChI=1S/C17H20.C15H21NO.C14H20O.C13H18O2.C13H20O.C13H20.C12H18O.C11H19N.C10H20/c1-17(2,3)13-15-11-7-8-12-16(15)14-9-5-4-6-10-14;1-15(2,3)11-14(17)16-10-6-8-12-7-4-5-9-13(12)16;1-11(15)13-7-5-12(6-8-13)9-10-14(2,3)4;1-13(2,3)9-10-6-5-7-11(8-10)12(14)15-4;1-13(2,3)9-10-14-11-12-7-5-4-6-8-12;1-13(2,3)11-7-10-12-8-5-4-6-9-12;1-12(2,3)9-10-13-11-7-5-4-6-8-11;1-11(2,3)7-6-10-12-8-4-5-9-12;1-9(2)7-6-8-10(3,4)5/h4-12H,13H2,1-3H3;4-5,7,9H,6,8,10-11H2,1-3H3;5-8H,9-10H2,1-4H3;5-8H,9H2,1-4H3;4-8H,9-11H2,1-3H3;4-6,8-9H,7,10-11H2,1-3H3;4-8H,9-10H2,1-3H3;4-5,8-9H,6-7,10H2,1-3H3;7H,6,8H2,1-5H3. The lowest BCUT2D eigenvalue weighted by molar-refractivity contribution is -0.120. The number of rotatable bonds is 23. The maximum absolute atomic E-state index is 12.3. The number of esters is 1.